The van der Waals surface area contributed by atoms with Crippen molar-refractivity contribution < 1.29 is 4.79 Å². The minimum atomic E-state index is 0.0738. The van der Waals surface area contributed by atoms with Crippen LogP contribution in [0, 0.1) is 8.99 Å². The third kappa shape index (κ3) is 3.46. The standard InChI is InChI=1S/C15H20INO/c1-15(2)9-7-11(8-10-15)17-14(18)12-5-3-4-6-13(12)16/h3-6,11H,7-10H2,1-2H3,(H,17,18). The summed E-state index contributed by atoms with van der Waals surface area (Å²) >= 11 is 2.21. The molecule has 1 aromatic carbocycles. The Hall–Kier alpha value is -0.580. The number of benzene rings is 1. The van der Waals surface area contributed by atoms with Crippen LogP contribution in [0.15, 0.2) is 24.3 Å². The summed E-state index contributed by atoms with van der Waals surface area (Å²) in [6.07, 6.45) is 4.60. The quantitative estimate of drug-likeness (QED) is 0.797. The van der Waals surface area contributed by atoms with Crippen LogP contribution >= 0.6 is 22.6 Å². The Kier molecular flexibility index (Phi) is 4.30. The Labute approximate surface area is 123 Å². The van der Waals surface area contributed by atoms with Crippen molar-refractivity contribution in [1.82, 2.24) is 5.32 Å². The van der Waals surface area contributed by atoms with E-state index in [0.29, 0.717) is 11.5 Å². The Balaban J connectivity index is 1.95. The fraction of sp³-hybridized carbons (Fsp3) is 0.533. The van der Waals surface area contributed by atoms with Gasteiger partial charge in [0.1, 0.15) is 0 Å². The van der Waals surface area contributed by atoms with E-state index in [4.69, 9.17) is 0 Å². The number of nitrogens with one attached hydrogen (secondary N) is 1. The highest BCUT2D eigenvalue weighted by Gasteiger charge is 2.27. The highest BCUT2D eigenvalue weighted by Crippen LogP contribution is 2.35. The van der Waals surface area contributed by atoms with Gasteiger partial charge in [0.25, 0.3) is 5.91 Å². The molecule has 0 aliphatic heterocycles. The van der Waals surface area contributed by atoms with Crippen molar-refractivity contribution in [2.24, 2.45) is 5.41 Å². The predicted octanol–water partition coefficient (Wildman–Crippen LogP) is 3.99. The molecule has 0 heterocycles. The second-order valence-corrected chi connectivity index (χ2v) is 7.05. The zero-order chi connectivity index (χ0) is 13.2. The molecule has 0 bridgehead atoms. The average molecular weight is 357 g/mol. The molecule has 1 N–H and O–H groups in total. The molecular formula is C15H20INO. The summed E-state index contributed by atoms with van der Waals surface area (Å²) in [6.45, 7) is 4.62. The Morgan fingerprint density at radius 1 is 1.28 bits per heavy atom. The van der Waals surface area contributed by atoms with Crippen LogP contribution in [-0.4, -0.2) is 11.9 Å². The molecule has 0 radical (unpaired) electrons. The molecule has 18 heavy (non-hydrogen) atoms. The van der Waals surface area contributed by atoms with E-state index in [9.17, 15) is 4.79 Å². The van der Waals surface area contributed by atoms with Gasteiger partial charge in [0.2, 0.25) is 0 Å². The summed E-state index contributed by atoms with van der Waals surface area (Å²) in [5.41, 5.74) is 1.24. The lowest BCUT2D eigenvalue weighted by molar-refractivity contribution is 0.0908. The van der Waals surface area contributed by atoms with Crippen LogP contribution in [0.5, 0.6) is 0 Å². The van der Waals surface area contributed by atoms with Gasteiger partial charge in [-0.1, -0.05) is 26.0 Å². The largest absolute Gasteiger partial charge is 0.349 e. The molecule has 0 saturated heterocycles. The van der Waals surface area contributed by atoms with Gasteiger partial charge in [0.05, 0.1) is 5.56 Å². The van der Waals surface area contributed by atoms with Crippen molar-refractivity contribution in [2.45, 2.75) is 45.6 Å². The van der Waals surface area contributed by atoms with Crippen molar-refractivity contribution in [3.05, 3.63) is 33.4 Å². The molecule has 98 valence electrons. The monoisotopic (exact) mass is 357 g/mol. The molecule has 0 atom stereocenters. The molecule has 1 aliphatic rings. The summed E-state index contributed by atoms with van der Waals surface area (Å²) in [6, 6.07) is 8.09. The molecule has 1 aliphatic carbocycles. The van der Waals surface area contributed by atoms with Gasteiger partial charge in [-0.15, -0.1) is 0 Å². The topological polar surface area (TPSA) is 29.1 Å². The number of amides is 1. The maximum absolute atomic E-state index is 12.2. The lowest BCUT2D eigenvalue weighted by Gasteiger charge is -2.34. The fourth-order valence-corrected chi connectivity index (χ4v) is 3.08. The van der Waals surface area contributed by atoms with E-state index in [2.05, 4.69) is 41.8 Å². The maximum Gasteiger partial charge on any atom is 0.252 e. The smallest absolute Gasteiger partial charge is 0.252 e. The van der Waals surface area contributed by atoms with Gasteiger partial charge in [-0.25, -0.2) is 0 Å². The number of carbonyl (C=O) groups is 1. The summed E-state index contributed by atoms with van der Waals surface area (Å²) in [4.78, 5) is 12.2. The lowest BCUT2D eigenvalue weighted by Crippen LogP contribution is -2.39. The van der Waals surface area contributed by atoms with Crippen LogP contribution < -0.4 is 5.32 Å². The summed E-state index contributed by atoms with van der Waals surface area (Å²) in [5, 5.41) is 3.17. The Morgan fingerprint density at radius 3 is 2.50 bits per heavy atom. The van der Waals surface area contributed by atoms with Gasteiger partial charge in [-0.2, -0.15) is 0 Å². The molecule has 3 heteroatoms. The van der Waals surface area contributed by atoms with E-state index < -0.39 is 0 Å². The fourth-order valence-electron chi connectivity index (χ4n) is 2.45. The Morgan fingerprint density at radius 2 is 1.89 bits per heavy atom. The van der Waals surface area contributed by atoms with Crippen molar-refractivity contribution >= 4 is 28.5 Å². The molecular weight excluding hydrogens is 337 g/mol. The van der Waals surface area contributed by atoms with E-state index >= 15 is 0 Å². The first kappa shape index (κ1) is 13.8. The third-order valence-corrected chi connectivity index (χ3v) is 4.73. The van der Waals surface area contributed by atoms with Crippen LogP contribution in [-0.2, 0) is 0 Å². The molecule has 0 spiro atoms. The number of halogens is 1. The van der Waals surface area contributed by atoms with Gasteiger partial charge in [0.15, 0.2) is 0 Å². The normalized spacial score (nSPS) is 19.5. The molecule has 2 rings (SSSR count). The number of hydrogen-bond donors (Lipinski definition) is 1. The van der Waals surface area contributed by atoms with E-state index in [1.807, 2.05) is 24.3 Å². The van der Waals surface area contributed by atoms with Gasteiger partial charge in [0, 0.05) is 9.61 Å². The second kappa shape index (κ2) is 5.59. The minimum Gasteiger partial charge on any atom is -0.349 e. The average Bonchev–Trinajstić information content (AvgIpc) is 2.32. The summed E-state index contributed by atoms with van der Waals surface area (Å²) in [5.74, 6) is 0.0738. The molecule has 2 nitrogen and oxygen atoms in total. The first-order chi connectivity index (χ1) is 8.48. The highest BCUT2D eigenvalue weighted by molar-refractivity contribution is 14.1. The second-order valence-electron chi connectivity index (χ2n) is 5.89. The van der Waals surface area contributed by atoms with Crippen molar-refractivity contribution in [1.29, 1.82) is 0 Å². The summed E-state index contributed by atoms with van der Waals surface area (Å²) < 4.78 is 1.02. The highest BCUT2D eigenvalue weighted by atomic mass is 127. The van der Waals surface area contributed by atoms with E-state index in [-0.39, 0.29) is 5.91 Å². The maximum atomic E-state index is 12.2. The molecule has 1 fully saturated rings. The third-order valence-electron chi connectivity index (χ3n) is 3.79. The molecule has 0 unspecified atom stereocenters. The van der Waals surface area contributed by atoms with Gasteiger partial charge >= 0.3 is 0 Å². The number of hydrogen-bond acceptors (Lipinski definition) is 1. The van der Waals surface area contributed by atoms with Crippen LogP contribution in [0.2, 0.25) is 0 Å². The van der Waals surface area contributed by atoms with Crippen molar-refractivity contribution in [2.75, 3.05) is 0 Å². The molecule has 0 aromatic heterocycles. The molecule has 1 aromatic rings. The zero-order valence-electron chi connectivity index (χ0n) is 11.0. The first-order valence-corrected chi connectivity index (χ1v) is 7.61. The first-order valence-electron chi connectivity index (χ1n) is 6.53. The van der Waals surface area contributed by atoms with Gasteiger partial charge in [-0.3, -0.25) is 4.79 Å². The Bertz CT molecular complexity index is 432. The van der Waals surface area contributed by atoms with Gasteiger partial charge in [-0.05, 0) is 65.8 Å². The summed E-state index contributed by atoms with van der Waals surface area (Å²) in [7, 11) is 0. The molecule has 1 saturated carbocycles. The van der Waals surface area contributed by atoms with Crippen molar-refractivity contribution in [3.8, 4) is 0 Å². The van der Waals surface area contributed by atoms with Gasteiger partial charge < -0.3 is 5.32 Å². The predicted molar refractivity (Wildman–Crippen MR) is 82.7 cm³/mol. The van der Waals surface area contributed by atoms with E-state index in [0.717, 1.165) is 22.0 Å². The van der Waals surface area contributed by atoms with Crippen LogP contribution in [0.4, 0.5) is 0 Å². The van der Waals surface area contributed by atoms with Crippen LogP contribution in [0.3, 0.4) is 0 Å². The molecule has 1 amide bonds. The minimum absolute atomic E-state index is 0.0738. The lowest BCUT2D eigenvalue weighted by atomic mass is 9.75. The number of rotatable bonds is 2. The van der Waals surface area contributed by atoms with E-state index in [1.165, 1.54) is 12.8 Å². The number of carbonyl (C=O) groups excluding carboxylic acids is 1. The van der Waals surface area contributed by atoms with Crippen molar-refractivity contribution in [3.63, 3.8) is 0 Å². The van der Waals surface area contributed by atoms with Crippen LogP contribution in [0.25, 0.3) is 0 Å². The SMILES string of the molecule is CC1(C)CCC(NC(=O)c2ccccc2I)CC1. The van der Waals surface area contributed by atoms with E-state index in [1.54, 1.807) is 0 Å². The van der Waals surface area contributed by atoms with Crippen LogP contribution in [0.1, 0.15) is 49.9 Å². The zero-order valence-corrected chi connectivity index (χ0v) is 13.2.